The van der Waals surface area contributed by atoms with Gasteiger partial charge in [-0.05, 0) is 36.1 Å². The number of hydrogen-bond acceptors (Lipinski definition) is 10. The zero-order valence-electron chi connectivity index (χ0n) is 23.0. The molecule has 2 aromatic rings. The Kier molecular flexibility index (Phi) is 10.3. The molecule has 0 saturated carbocycles. The topological polar surface area (TPSA) is 165 Å². The van der Waals surface area contributed by atoms with Crippen LogP contribution < -0.4 is 20.7 Å². The van der Waals surface area contributed by atoms with Gasteiger partial charge in [-0.2, -0.15) is 0 Å². The predicted octanol–water partition coefficient (Wildman–Crippen LogP) is 0.151. The number of sulfone groups is 1. The van der Waals surface area contributed by atoms with Crippen molar-refractivity contribution in [2.45, 2.75) is 43.9 Å². The van der Waals surface area contributed by atoms with Gasteiger partial charge in [-0.25, -0.2) is 8.42 Å². The van der Waals surface area contributed by atoms with Gasteiger partial charge < -0.3 is 35.4 Å². The van der Waals surface area contributed by atoms with E-state index in [1.807, 2.05) is 54.6 Å². The van der Waals surface area contributed by atoms with Crippen LogP contribution in [0.15, 0.2) is 59.8 Å². The minimum Gasteiger partial charge on any atom is -0.497 e. The Morgan fingerprint density at radius 3 is 2.61 bits per heavy atom. The lowest BCUT2D eigenvalue weighted by molar-refractivity contribution is -0.127. The quantitative estimate of drug-likeness (QED) is 0.240. The predicted molar refractivity (Wildman–Crippen MR) is 151 cm³/mol. The number of aliphatic hydroxyl groups excluding tert-OH is 1. The SMILES string of the molecule is COc1cccc(CNC[C@@H](O)[C@H](Cc2ccccc2)NC(=O)[C@H](CS(C)(=O)=O)NC(=O)C2=NO[C@H]3OCC[C@@H]23)c1. The summed E-state index contributed by atoms with van der Waals surface area (Å²) in [6.07, 6.45) is 0.0788. The zero-order valence-corrected chi connectivity index (χ0v) is 23.8. The monoisotopic (exact) mass is 588 g/mol. The maximum absolute atomic E-state index is 13.4. The molecule has 0 spiro atoms. The average Bonchev–Trinajstić information content (AvgIpc) is 3.56. The second kappa shape index (κ2) is 13.9. The van der Waals surface area contributed by atoms with Crippen LogP contribution in [0.2, 0.25) is 0 Å². The van der Waals surface area contributed by atoms with Gasteiger partial charge in [-0.1, -0.05) is 47.6 Å². The Bertz CT molecular complexity index is 1340. The van der Waals surface area contributed by atoms with Crippen molar-refractivity contribution >= 4 is 27.4 Å². The molecule has 12 nitrogen and oxygen atoms in total. The van der Waals surface area contributed by atoms with Crippen molar-refractivity contribution < 1.29 is 37.4 Å². The van der Waals surface area contributed by atoms with E-state index < -0.39 is 51.9 Å². The van der Waals surface area contributed by atoms with Crippen LogP contribution in [0.3, 0.4) is 0 Å². The number of rotatable bonds is 14. The number of ether oxygens (including phenoxy) is 2. The summed E-state index contributed by atoms with van der Waals surface area (Å²) in [4.78, 5) is 31.6. The van der Waals surface area contributed by atoms with E-state index in [2.05, 4.69) is 21.1 Å². The first-order chi connectivity index (χ1) is 19.6. The smallest absolute Gasteiger partial charge is 0.270 e. The molecular weight excluding hydrogens is 552 g/mol. The fourth-order valence-electron chi connectivity index (χ4n) is 4.76. The summed E-state index contributed by atoms with van der Waals surface area (Å²) in [6, 6.07) is 14.6. The molecule has 1 fully saturated rings. The first-order valence-electron chi connectivity index (χ1n) is 13.3. The first kappa shape index (κ1) is 30.4. The molecule has 0 aromatic heterocycles. The number of carbonyl (C=O) groups is 2. The highest BCUT2D eigenvalue weighted by Gasteiger charge is 2.43. The molecule has 222 valence electrons. The Labute approximate surface area is 239 Å². The highest BCUT2D eigenvalue weighted by atomic mass is 32.2. The third kappa shape index (κ3) is 8.73. The van der Waals surface area contributed by atoms with Crippen LogP contribution in [-0.4, -0.2) is 87.8 Å². The first-order valence-corrected chi connectivity index (χ1v) is 15.4. The molecule has 0 unspecified atom stereocenters. The molecule has 2 heterocycles. The van der Waals surface area contributed by atoms with E-state index in [1.165, 1.54) is 0 Å². The van der Waals surface area contributed by atoms with Crippen molar-refractivity contribution in [2.75, 3.05) is 32.3 Å². The number of hydrogen-bond donors (Lipinski definition) is 4. The molecule has 4 rings (SSSR count). The fraction of sp³-hybridized carbons (Fsp3) is 0.464. The molecule has 2 amide bonds. The van der Waals surface area contributed by atoms with Crippen molar-refractivity contribution in [2.24, 2.45) is 11.1 Å². The fourth-order valence-corrected chi connectivity index (χ4v) is 5.60. The van der Waals surface area contributed by atoms with E-state index >= 15 is 0 Å². The number of nitrogens with zero attached hydrogens (tertiary/aromatic N) is 1. The number of amides is 2. The molecule has 0 radical (unpaired) electrons. The van der Waals surface area contributed by atoms with Crippen LogP contribution in [0.25, 0.3) is 0 Å². The summed E-state index contributed by atoms with van der Waals surface area (Å²) < 4.78 is 35.0. The molecular formula is C28H36N4O8S. The number of carbonyl (C=O) groups excluding carboxylic acids is 2. The molecule has 2 aliphatic heterocycles. The van der Waals surface area contributed by atoms with Crippen molar-refractivity contribution in [3.8, 4) is 5.75 Å². The van der Waals surface area contributed by atoms with Gasteiger partial charge in [0.15, 0.2) is 5.71 Å². The minimum absolute atomic E-state index is 0.0569. The normalized spacial score (nSPS) is 20.2. The standard InChI is InChI=1S/C28H36N4O8S/c1-38-20-10-6-9-19(13-20)15-29-16-24(33)22(14-18-7-4-3-5-8-18)30-26(34)23(17-41(2,36)37)31-27(35)25-21-11-12-39-28(21)40-32-25/h3-10,13,21-24,28-29,33H,11-12,14-17H2,1-2H3,(H,30,34)(H,31,35)/t21-,22-,23-,24+,28+/m0/s1. The molecule has 4 N–H and O–H groups in total. The lowest BCUT2D eigenvalue weighted by Crippen LogP contribution is -2.57. The summed E-state index contributed by atoms with van der Waals surface area (Å²) in [7, 11) is -2.09. The molecule has 0 bridgehead atoms. The van der Waals surface area contributed by atoms with Crippen LogP contribution in [0.4, 0.5) is 0 Å². The second-order valence-electron chi connectivity index (χ2n) is 10.2. The number of nitrogens with one attached hydrogen (secondary N) is 3. The largest absolute Gasteiger partial charge is 0.497 e. The highest BCUT2D eigenvalue weighted by molar-refractivity contribution is 7.90. The molecule has 1 saturated heterocycles. The molecule has 41 heavy (non-hydrogen) atoms. The van der Waals surface area contributed by atoms with E-state index in [0.717, 1.165) is 17.4 Å². The zero-order chi connectivity index (χ0) is 29.4. The van der Waals surface area contributed by atoms with Gasteiger partial charge in [0.2, 0.25) is 12.2 Å². The molecule has 13 heteroatoms. The van der Waals surface area contributed by atoms with Crippen LogP contribution in [0, 0.1) is 5.92 Å². The second-order valence-corrected chi connectivity index (χ2v) is 12.4. The van der Waals surface area contributed by atoms with Gasteiger partial charge >= 0.3 is 0 Å². The van der Waals surface area contributed by atoms with E-state index in [4.69, 9.17) is 14.3 Å². The maximum Gasteiger partial charge on any atom is 0.270 e. The maximum atomic E-state index is 13.4. The Hall–Kier alpha value is -3.52. The van der Waals surface area contributed by atoms with Crippen molar-refractivity contribution in [1.29, 1.82) is 0 Å². The summed E-state index contributed by atoms with van der Waals surface area (Å²) in [5, 5.41) is 23.4. The van der Waals surface area contributed by atoms with Gasteiger partial charge in [-0.15, -0.1) is 0 Å². The summed E-state index contributed by atoms with van der Waals surface area (Å²) in [5.41, 5.74) is 1.87. The minimum atomic E-state index is -3.68. The van der Waals surface area contributed by atoms with Gasteiger partial charge in [0.05, 0.1) is 37.5 Å². The summed E-state index contributed by atoms with van der Waals surface area (Å²) >= 11 is 0. The Morgan fingerprint density at radius 1 is 1.12 bits per heavy atom. The van der Waals surface area contributed by atoms with Crippen LogP contribution in [-0.2, 0) is 42.0 Å². The Balaban J connectivity index is 1.45. The third-order valence-corrected chi connectivity index (χ3v) is 7.82. The molecule has 2 aromatic carbocycles. The summed E-state index contributed by atoms with van der Waals surface area (Å²) in [5.74, 6) is -1.75. The number of methoxy groups -OCH3 is 1. The van der Waals surface area contributed by atoms with Crippen LogP contribution in [0.1, 0.15) is 17.5 Å². The van der Waals surface area contributed by atoms with Crippen LogP contribution >= 0.6 is 0 Å². The van der Waals surface area contributed by atoms with Crippen LogP contribution in [0.5, 0.6) is 5.75 Å². The Morgan fingerprint density at radius 2 is 1.88 bits per heavy atom. The van der Waals surface area contributed by atoms with Gasteiger partial charge in [0.25, 0.3) is 5.91 Å². The highest BCUT2D eigenvalue weighted by Crippen LogP contribution is 2.29. The average molecular weight is 589 g/mol. The number of aliphatic hydroxyl groups is 1. The van der Waals surface area contributed by atoms with E-state index in [-0.39, 0.29) is 24.6 Å². The lowest BCUT2D eigenvalue weighted by atomic mass is 10.00. The van der Waals surface area contributed by atoms with Gasteiger partial charge in [0.1, 0.15) is 21.6 Å². The summed E-state index contributed by atoms with van der Waals surface area (Å²) in [6.45, 7) is 0.984. The lowest BCUT2D eigenvalue weighted by Gasteiger charge is -2.27. The van der Waals surface area contributed by atoms with Crippen molar-refractivity contribution in [3.63, 3.8) is 0 Å². The third-order valence-electron chi connectivity index (χ3n) is 6.88. The number of fused-ring (bicyclic) bond motifs is 1. The molecule has 2 aliphatic rings. The van der Waals surface area contributed by atoms with Crippen molar-refractivity contribution in [3.05, 3.63) is 65.7 Å². The number of oxime groups is 1. The van der Waals surface area contributed by atoms with Gasteiger partial charge in [0, 0.05) is 19.3 Å². The number of benzene rings is 2. The molecule has 0 aliphatic carbocycles. The van der Waals surface area contributed by atoms with E-state index in [1.54, 1.807) is 7.11 Å². The van der Waals surface area contributed by atoms with E-state index in [0.29, 0.717) is 25.3 Å². The molecule has 5 atom stereocenters. The van der Waals surface area contributed by atoms with Crippen molar-refractivity contribution in [1.82, 2.24) is 16.0 Å². The van der Waals surface area contributed by atoms with E-state index in [9.17, 15) is 23.1 Å². The van der Waals surface area contributed by atoms with Gasteiger partial charge in [-0.3, -0.25) is 9.59 Å².